The first-order valence-corrected chi connectivity index (χ1v) is 7.99. The molecule has 0 fully saturated rings. The average molecular weight is 396 g/mol. The number of carboxylic acids is 1. The van der Waals surface area contributed by atoms with Crippen LogP contribution in [-0.2, 0) is 11.4 Å². The maximum Gasteiger partial charge on any atom is 0.329 e. The van der Waals surface area contributed by atoms with Gasteiger partial charge >= 0.3 is 5.97 Å². The molecule has 0 aliphatic heterocycles. The molecule has 0 radical (unpaired) electrons. The number of amides is 1. The van der Waals surface area contributed by atoms with E-state index in [9.17, 15) is 14.7 Å². The zero-order chi connectivity index (χ0) is 17.9. The number of likely N-dealkylation sites (N-methyl/N-ethyl adjacent to an activating group) is 1. The van der Waals surface area contributed by atoms with Crippen LogP contribution in [0.1, 0.15) is 30.2 Å². The molecule has 7 heteroatoms. The lowest BCUT2D eigenvalue weighted by Crippen LogP contribution is -2.50. The molecule has 0 saturated carbocycles. The Morgan fingerprint density at radius 1 is 1.29 bits per heavy atom. The van der Waals surface area contributed by atoms with E-state index >= 15 is 0 Å². The SMILES string of the molecule is CN(C(=O)c1ccc(COc2cccc(Br)c2)o1)C(C)(C)C(=O)O. The smallest absolute Gasteiger partial charge is 0.329 e. The third-order valence-electron chi connectivity index (χ3n) is 3.72. The summed E-state index contributed by atoms with van der Waals surface area (Å²) in [5.41, 5.74) is -1.34. The molecule has 6 nitrogen and oxygen atoms in total. The number of hydrogen-bond donors (Lipinski definition) is 1. The number of rotatable bonds is 6. The molecule has 0 aliphatic rings. The summed E-state index contributed by atoms with van der Waals surface area (Å²) in [6.45, 7) is 3.07. The minimum absolute atomic E-state index is 0.0691. The fourth-order valence-electron chi connectivity index (χ4n) is 1.84. The minimum atomic E-state index is -1.34. The summed E-state index contributed by atoms with van der Waals surface area (Å²) in [6, 6.07) is 10.5. The Balaban J connectivity index is 2.05. The van der Waals surface area contributed by atoms with Crippen molar-refractivity contribution in [1.29, 1.82) is 0 Å². The summed E-state index contributed by atoms with van der Waals surface area (Å²) in [7, 11) is 1.43. The number of nitrogens with zero attached hydrogens (tertiary/aromatic N) is 1. The Hall–Kier alpha value is -2.28. The van der Waals surface area contributed by atoms with E-state index in [-0.39, 0.29) is 12.4 Å². The van der Waals surface area contributed by atoms with Crippen LogP contribution in [0.25, 0.3) is 0 Å². The molecule has 0 saturated heterocycles. The highest BCUT2D eigenvalue weighted by Crippen LogP contribution is 2.21. The molecule has 0 atom stereocenters. The van der Waals surface area contributed by atoms with Gasteiger partial charge < -0.3 is 19.2 Å². The van der Waals surface area contributed by atoms with Crippen LogP contribution < -0.4 is 4.74 Å². The quantitative estimate of drug-likeness (QED) is 0.808. The van der Waals surface area contributed by atoms with E-state index in [2.05, 4.69) is 15.9 Å². The van der Waals surface area contributed by atoms with Crippen molar-refractivity contribution in [3.8, 4) is 5.75 Å². The van der Waals surface area contributed by atoms with Gasteiger partial charge in [-0.25, -0.2) is 4.79 Å². The first-order valence-electron chi connectivity index (χ1n) is 7.20. The van der Waals surface area contributed by atoms with Gasteiger partial charge in [0.15, 0.2) is 5.76 Å². The van der Waals surface area contributed by atoms with Crippen molar-refractivity contribution in [2.45, 2.75) is 26.0 Å². The van der Waals surface area contributed by atoms with Gasteiger partial charge in [0.25, 0.3) is 5.91 Å². The highest BCUT2D eigenvalue weighted by molar-refractivity contribution is 9.10. The second kappa shape index (κ2) is 7.09. The van der Waals surface area contributed by atoms with Gasteiger partial charge in [0.2, 0.25) is 0 Å². The minimum Gasteiger partial charge on any atom is -0.486 e. The maximum atomic E-state index is 12.3. The Labute approximate surface area is 148 Å². The van der Waals surface area contributed by atoms with E-state index < -0.39 is 17.4 Å². The fraction of sp³-hybridized carbons (Fsp3) is 0.294. The predicted molar refractivity (Wildman–Crippen MR) is 91.0 cm³/mol. The molecule has 2 aromatic rings. The number of carboxylic acid groups (broad SMARTS) is 1. The number of carbonyl (C=O) groups is 2. The van der Waals surface area contributed by atoms with E-state index in [0.717, 1.165) is 9.37 Å². The molecule has 0 spiro atoms. The monoisotopic (exact) mass is 395 g/mol. The van der Waals surface area contributed by atoms with Gasteiger partial charge in [-0.1, -0.05) is 22.0 Å². The fourth-order valence-corrected chi connectivity index (χ4v) is 2.22. The molecule has 2 rings (SSSR count). The van der Waals surface area contributed by atoms with Gasteiger partial charge in [0, 0.05) is 11.5 Å². The van der Waals surface area contributed by atoms with E-state index in [0.29, 0.717) is 11.5 Å². The number of benzene rings is 1. The molecule has 1 N–H and O–H groups in total. The van der Waals surface area contributed by atoms with E-state index in [1.165, 1.54) is 27.0 Å². The number of halogens is 1. The molecule has 128 valence electrons. The van der Waals surface area contributed by atoms with Crippen LogP contribution in [0.15, 0.2) is 45.3 Å². The molecule has 1 aromatic carbocycles. The summed E-state index contributed by atoms with van der Waals surface area (Å²) in [6.07, 6.45) is 0. The molecule has 1 heterocycles. The Bertz CT molecular complexity index is 753. The second-order valence-electron chi connectivity index (χ2n) is 5.74. The maximum absolute atomic E-state index is 12.3. The molecular formula is C17H18BrNO5. The summed E-state index contributed by atoms with van der Waals surface area (Å²) < 4.78 is 12.0. The summed E-state index contributed by atoms with van der Waals surface area (Å²) >= 11 is 3.36. The van der Waals surface area contributed by atoms with Gasteiger partial charge in [-0.15, -0.1) is 0 Å². The second-order valence-corrected chi connectivity index (χ2v) is 6.66. The summed E-state index contributed by atoms with van der Waals surface area (Å²) in [5.74, 6) is -0.392. The van der Waals surface area contributed by atoms with Gasteiger partial charge in [-0.3, -0.25) is 4.79 Å². The Kier molecular flexibility index (Phi) is 5.33. The Morgan fingerprint density at radius 3 is 2.62 bits per heavy atom. The van der Waals surface area contributed by atoms with Gasteiger partial charge in [-0.05, 0) is 44.2 Å². The van der Waals surface area contributed by atoms with Gasteiger partial charge in [-0.2, -0.15) is 0 Å². The number of furan rings is 1. The van der Waals surface area contributed by atoms with Crippen molar-refractivity contribution in [1.82, 2.24) is 4.90 Å². The lowest BCUT2D eigenvalue weighted by Gasteiger charge is -2.30. The predicted octanol–water partition coefficient (Wildman–Crippen LogP) is 3.56. The van der Waals surface area contributed by atoms with E-state index in [1.807, 2.05) is 24.3 Å². The van der Waals surface area contributed by atoms with Crippen LogP contribution >= 0.6 is 15.9 Å². The summed E-state index contributed by atoms with van der Waals surface area (Å²) in [4.78, 5) is 24.7. The molecule has 1 amide bonds. The highest BCUT2D eigenvalue weighted by atomic mass is 79.9. The van der Waals surface area contributed by atoms with Crippen molar-refractivity contribution in [2.75, 3.05) is 7.05 Å². The van der Waals surface area contributed by atoms with Crippen molar-refractivity contribution in [2.24, 2.45) is 0 Å². The molecule has 1 aromatic heterocycles. The standard InChI is InChI=1S/C17H18BrNO5/c1-17(2,16(21)22)19(3)15(20)14-8-7-13(24-14)10-23-12-6-4-5-11(18)9-12/h4-9H,10H2,1-3H3,(H,21,22). The first kappa shape index (κ1) is 18.1. The highest BCUT2D eigenvalue weighted by Gasteiger charge is 2.36. The average Bonchev–Trinajstić information content (AvgIpc) is 3.00. The largest absolute Gasteiger partial charge is 0.486 e. The third kappa shape index (κ3) is 3.97. The van der Waals surface area contributed by atoms with Crippen LogP contribution in [0.2, 0.25) is 0 Å². The van der Waals surface area contributed by atoms with Gasteiger partial charge in [0.05, 0.1) is 0 Å². The van der Waals surface area contributed by atoms with Crippen molar-refractivity contribution < 1.29 is 23.8 Å². The van der Waals surface area contributed by atoms with Crippen molar-refractivity contribution >= 4 is 27.8 Å². The van der Waals surface area contributed by atoms with Crippen LogP contribution in [0.4, 0.5) is 0 Å². The summed E-state index contributed by atoms with van der Waals surface area (Å²) in [5, 5.41) is 9.20. The van der Waals surface area contributed by atoms with E-state index in [1.54, 1.807) is 6.07 Å². The molecule has 0 unspecified atom stereocenters. The topological polar surface area (TPSA) is 80.0 Å². The molecule has 24 heavy (non-hydrogen) atoms. The van der Waals surface area contributed by atoms with Gasteiger partial charge in [0.1, 0.15) is 23.7 Å². The number of ether oxygens (including phenoxy) is 1. The van der Waals surface area contributed by atoms with Crippen molar-refractivity contribution in [3.05, 3.63) is 52.4 Å². The van der Waals surface area contributed by atoms with Crippen LogP contribution in [0, 0.1) is 0 Å². The number of hydrogen-bond acceptors (Lipinski definition) is 4. The van der Waals surface area contributed by atoms with Crippen molar-refractivity contribution in [3.63, 3.8) is 0 Å². The third-order valence-corrected chi connectivity index (χ3v) is 4.21. The Morgan fingerprint density at radius 2 is 2.00 bits per heavy atom. The van der Waals surface area contributed by atoms with Crippen LogP contribution in [0.5, 0.6) is 5.75 Å². The lowest BCUT2D eigenvalue weighted by atomic mass is 10.0. The van der Waals surface area contributed by atoms with E-state index in [4.69, 9.17) is 9.15 Å². The van der Waals surface area contributed by atoms with Crippen LogP contribution in [-0.4, -0.2) is 34.5 Å². The molecule has 0 aliphatic carbocycles. The zero-order valence-corrected chi connectivity index (χ0v) is 15.2. The number of carbonyl (C=O) groups excluding carboxylic acids is 1. The zero-order valence-electron chi connectivity index (χ0n) is 13.6. The first-order chi connectivity index (χ1) is 11.2. The molecule has 0 bridgehead atoms. The van der Waals surface area contributed by atoms with Crippen LogP contribution in [0.3, 0.4) is 0 Å². The molecular weight excluding hydrogens is 378 g/mol. The number of aliphatic carboxylic acids is 1. The lowest BCUT2D eigenvalue weighted by molar-refractivity contribution is -0.147. The normalized spacial score (nSPS) is 11.2.